The van der Waals surface area contributed by atoms with Crippen molar-refractivity contribution in [3.05, 3.63) is 46.5 Å². The molecule has 3 fully saturated rings. The molecular formula is C17H19N5O2. The van der Waals surface area contributed by atoms with Crippen LogP contribution in [0.4, 0.5) is 11.5 Å². The Kier molecular flexibility index (Phi) is 3.86. The van der Waals surface area contributed by atoms with Crippen LogP contribution in [0.3, 0.4) is 0 Å². The van der Waals surface area contributed by atoms with Crippen molar-refractivity contribution in [1.82, 2.24) is 15.1 Å². The number of nitro benzene ring substituents is 1. The average molecular weight is 325 g/mol. The van der Waals surface area contributed by atoms with Gasteiger partial charge in [0.05, 0.1) is 10.6 Å². The molecule has 0 saturated carbocycles. The maximum absolute atomic E-state index is 10.9. The van der Waals surface area contributed by atoms with Crippen molar-refractivity contribution in [2.45, 2.75) is 18.9 Å². The molecule has 7 heteroatoms. The number of benzene rings is 1. The number of aromatic nitrogens is 2. The molecule has 4 heterocycles. The third-order valence-electron chi connectivity index (χ3n) is 4.95. The summed E-state index contributed by atoms with van der Waals surface area (Å²) in [5, 5.41) is 19.6. The maximum Gasteiger partial charge on any atom is 0.270 e. The van der Waals surface area contributed by atoms with Gasteiger partial charge in [0.1, 0.15) is 0 Å². The van der Waals surface area contributed by atoms with E-state index in [0.717, 1.165) is 18.9 Å². The van der Waals surface area contributed by atoms with E-state index in [0.29, 0.717) is 17.3 Å². The quantitative estimate of drug-likeness (QED) is 0.637. The zero-order valence-electron chi connectivity index (χ0n) is 13.3. The van der Waals surface area contributed by atoms with Crippen LogP contribution < -0.4 is 4.90 Å². The van der Waals surface area contributed by atoms with E-state index in [9.17, 15) is 10.1 Å². The lowest BCUT2D eigenvalue weighted by Crippen LogP contribution is -2.38. The number of hydrogen-bond donors (Lipinski definition) is 0. The maximum atomic E-state index is 10.9. The normalized spacial score (nSPS) is 23.1. The summed E-state index contributed by atoms with van der Waals surface area (Å²) in [5.74, 6) is 0.901. The Morgan fingerprint density at radius 1 is 1.04 bits per heavy atom. The van der Waals surface area contributed by atoms with E-state index in [4.69, 9.17) is 0 Å². The number of nitro groups is 1. The Labute approximate surface area is 140 Å². The summed E-state index contributed by atoms with van der Waals surface area (Å²) >= 11 is 0. The van der Waals surface area contributed by atoms with Crippen molar-refractivity contribution < 1.29 is 4.92 Å². The zero-order valence-corrected chi connectivity index (χ0v) is 13.3. The standard InChI is InChI=1S/C17H19N5O2/c23-22(24)15-3-1-2-13(12-15)16-4-5-17(19-18-16)21-11-10-20-8-6-14(21)7-9-20/h1-5,12,14H,6-11H2. The van der Waals surface area contributed by atoms with E-state index < -0.39 is 4.92 Å². The van der Waals surface area contributed by atoms with E-state index in [1.807, 2.05) is 18.2 Å². The van der Waals surface area contributed by atoms with Gasteiger partial charge >= 0.3 is 0 Å². The van der Waals surface area contributed by atoms with Gasteiger partial charge in [-0.05, 0) is 25.0 Å². The van der Waals surface area contributed by atoms with Gasteiger partial charge in [-0.25, -0.2) is 0 Å². The minimum atomic E-state index is -0.394. The van der Waals surface area contributed by atoms with Gasteiger partial charge in [0.2, 0.25) is 0 Å². The third-order valence-corrected chi connectivity index (χ3v) is 4.95. The van der Waals surface area contributed by atoms with Crippen molar-refractivity contribution >= 4 is 11.5 Å². The Hall–Kier alpha value is -2.54. The summed E-state index contributed by atoms with van der Waals surface area (Å²) in [6.07, 6.45) is 2.35. The average Bonchev–Trinajstić information content (AvgIpc) is 2.96. The highest BCUT2D eigenvalue weighted by Crippen LogP contribution is 2.27. The molecule has 3 aliphatic heterocycles. The zero-order chi connectivity index (χ0) is 16.5. The van der Waals surface area contributed by atoms with E-state index >= 15 is 0 Å². The second-order valence-corrected chi connectivity index (χ2v) is 6.35. The first kappa shape index (κ1) is 15.0. The SMILES string of the molecule is O=[N+]([O-])c1cccc(-c2ccc(N3CCN4CCC3CC4)nn2)c1. The monoisotopic (exact) mass is 325 g/mol. The van der Waals surface area contributed by atoms with Crippen LogP contribution in [-0.2, 0) is 0 Å². The molecule has 24 heavy (non-hydrogen) atoms. The fourth-order valence-corrected chi connectivity index (χ4v) is 3.60. The molecule has 3 aliphatic rings. The van der Waals surface area contributed by atoms with E-state index in [2.05, 4.69) is 20.0 Å². The van der Waals surface area contributed by atoms with Crippen molar-refractivity contribution in [3.8, 4) is 11.3 Å². The fraction of sp³-hybridized carbons (Fsp3) is 0.412. The van der Waals surface area contributed by atoms with Crippen molar-refractivity contribution in [1.29, 1.82) is 0 Å². The summed E-state index contributed by atoms with van der Waals surface area (Å²) in [6, 6.07) is 10.9. The first-order chi connectivity index (χ1) is 11.7. The Morgan fingerprint density at radius 3 is 2.58 bits per heavy atom. The van der Waals surface area contributed by atoms with Crippen molar-refractivity contribution in [2.75, 3.05) is 31.1 Å². The first-order valence-electron chi connectivity index (χ1n) is 8.28. The molecule has 0 unspecified atom stereocenters. The lowest BCUT2D eigenvalue weighted by Gasteiger charge is -2.31. The van der Waals surface area contributed by atoms with Gasteiger partial charge in [0, 0.05) is 49.9 Å². The summed E-state index contributed by atoms with van der Waals surface area (Å²) in [5.41, 5.74) is 1.44. The molecule has 124 valence electrons. The van der Waals surface area contributed by atoms with Gasteiger partial charge < -0.3 is 9.80 Å². The predicted octanol–water partition coefficient (Wildman–Crippen LogP) is 2.34. The van der Waals surface area contributed by atoms with Crippen LogP contribution in [0.1, 0.15) is 12.8 Å². The van der Waals surface area contributed by atoms with Gasteiger partial charge in [-0.1, -0.05) is 12.1 Å². The van der Waals surface area contributed by atoms with Crippen LogP contribution in [-0.4, -0.2) is 52.2 Å². The second-order valence-electron chi connectivity index (χ2n) is 6.35. The van der Waals surface area contributed by atoms with Crippen molar-refractivity contribution in [2.24, 2.45) is 0 Å². The molecule has 0 amide bonds. The number of anilines is 1. The summed E-state index contributed by atoms with van der Waals surface area (Å²) < 4.78 is 0. The molecule has 7 nitrogen and oxygen atoms in total. The smallest absolute Gasteiger partial charge is 0.270 e. The fourth-order valence-electron chi connectivity index (χ4n) is 3.60. The van der Waals surface area contributed by atoms with Crippen LogP contribution in [0.25, 0.3) is 11.3 Å². The van der Waals surface area contributed by atoms with Gasteiger partial charge in [-0.15, -0.1) is 10.2 Å². The molecule has 2 aromatic rings. The lowest BCUT2D eigenvalue weighted by molar-refractivity contribution is -0.384. The Balaban J connectivity index is 1.58. The van der Waals surface area contributed by atoms with Gasteiger partial charge in [0.25, 0.3) is 5.69 Å². The molecule has 1 aromatic heterocycles. The van der Waals surface area contributed by atoms with Gasteiger partial charge in [-0.2, -0.15) is 0 Å². The summed E-state index contributed by atoms with van der Waals surface area (Å²) in [4.78, 5) is 15.4. The molecule has 0 radical (unpaired) electrons. The molecule has 1 aromatic carbocycles. The number of hydrogen-bond acceptors (Lipinski definition) is 6. The van der Waals surface area contributed by atoms with Crippen LogP contribution >= 0.6 is 0 Å². The van der Waals surface area contributed by atoms with Gasteiger partial charge in [0.15, 0.2) is 5.82 Å². The molecule has 0 N–H and O–H groups in total. The molecular weight excluding hydrogens is 306 g/mol. The summed E-state index contributed by atoms with van der Waals surface area (Å²) in [7, 11) is 0. The van der Waals surface area contributed by atoms with Crippen LogP contribution in [0, 0.1) is 10.1 Å². The van der Waals surface area contributed by atoms with E-state index in [1.165, 1.54) is 38.1 Å². The topological polar surface area (TPSA) is 75.4 Å². The van der Waals surface area contributed by atoms with Crippen LogP contribution in [0.15, 0.2) is 36.4 Å². The molecule has 2 bridgehead atoms. The van der Waals surface area contributed by atoms with Crippen molar-refractivity contribution in [3.63, 3.8) is 0 Å². The summed E-state index contributed by atoms with van der Waals surface area (Å²) in [6.45, 7) is 4.39. The minimum Gasteiger partial charge on any atom is -0.351 e. The molecule has 0 aliphatic carbocycles. The predicted molar refractivity (Wildman–Crippen MR) is 90.9 cm³/mol. The number of rotatable bonds is 3. The number of non-ortho nitro benzene ring substituents is 1. The highest BCUT2D eigenvalue weighted by atomic mass is 16.6. The Bertz CT molecular complexity index is 741. The lowest BCUT2D eigenvalue weighted by atomic mass is 10.1. The molecule has 0 spiro atoms. The number of piperidine rings is 1. The van der Waals surface area contributed by atoms with E-state index in [1.54, 1.807) is 6.07 Å². The minimum absolute atomic E-state index is 0.0666. The highest BCUT2D eigenvalue weighted by molar-refractivity contribution is 5.63. The van der Waals surface area contributed by atoms with Crippen LogP contribution in [0.5, 0.6) is 0 Å². The van der Waals surface area contributed by atoms with Gasteiger partial charge in [-0.3, -0.25) is 10.1 Å². The van der Waals surface area contributed by atoms with E-state index in [-0.39, 0.29) is 5.69 Å². The first-order valence-corrected chi connectivity index (χ1v) is 8.28. The third kappa shape index (κ3) is 2.82. The number of fused-ring (bicyclic) bond motifs is 4. The second kappa shape index (κ2) is 6.16. The Morgan fingerprint density at radius 2 is 1.88 bits per heavy atom. The molecule has 3 saturated heterocycles. The largest absolute Gasteiger partial charge is 0.351 e. The molecule has 0 atom stereocenters. The molecule has 5 rings (SSSR count). The number of nitrogens with zero attached hydrogens (tertiary/aromatic N) is 5. The highest BCUT2D eigenvalue weighted by Gasteiger charge is 2.29. The van der Waals surface area contributed by atoms with Crippen LogP contribution in [0.2, 0.25) is 0 Å².